The standard InChI is InChI=1S/C29H19F3N2O2S/c1-36-21-9-6-17(7-10-21)26-14-25(29(30,31)32)24(15-33)28(34-26)37-16-27(35)19-8-11-23-20(13-19)12-18-4-2-3-5-22(18)23/h2-11,13-14H,12,16H2,1H3. The number of carbonyl (C=O) groups excluding carboxylic acids is 1. The number of nitriles is 1. The van der Waals surface area contributed by atoms with Gasteiger partial charge >= 0.3 is 6.18 Å². The molecule has 0 spiro atoms. The molecule has 0 bridgehead atoms. The van der Waals surface area contributed by atoms with Crippen molar-refractivity contribution in [2.45, 2.75) is 17.6 Å². The molecule has 1 aliphatic carbocycles. The lowest BCUT2D eigenvalue weighted by atomic mass is 10.0. The van der Waals surface area contributed by atoms with Crippen LogP contribution in [-0.4, -0.2) is 23.6 Å². The molecule has 0 saturated carbocycles. The van der Waals surface area contributed by atoms with Gasteiger partial charge in [0.1, 0.15) is 16.8 Å². The Labute approximate surface area is 215 Å². The smallest absolute Gasteiger partial charge is 0.417 e. The molecule has 37 heavy (non-hydrogen) atoms. The van der Waals surface area contributed by atoms with E-state index in [-0.39, 0.29) is 22.3 Å². The number of Topliss-reactive ketones (excluding diaryl/α,β-unsaturated/α-hetero) is 1. The number of thioether (sulfide) groups is 1. The van der Waals surface area contributed by atoms with Crippen molar-refractivity contribution in [3.63, 3.8) is 0 Å². The van der Waals surface area contributed by atoms with Crippen LogP contribution in [0.5, 0.6) is 5.75 Å². The van der Waals surface area contributed by atoms with E-state index in [0.717, 1.165) is 40.9 Å². The molecule has 1 aromatic heterocycles. The highest BCUT2D eigenvalue weighted by molar-refractivity contribution is 8.00. The SMILES string of the molecule is COc1ccc(-c2cc(C(F)(F)F)c(C#N)c(SCC(=O)c3ccc4c(c3)Cc3ccccc3-4)n2)cc1. The van der Waals surface area contributed by atoms with Crippen LogP contribution in [0.4, 0.5) is 13.2 Å². The molecule has 0 amide bonds. The van der Waals surface area contributed by atoms with E-state index in [9.17, 15) is 23.2 Å². The van der Waals surface area contributed by atoms with E-state index in [1.807, 2.05) is 30.3 Å². The maximum Gasteiger partial charge on any atom is 0.417 e. The number of halogens is 3. The molecule has 4 aromatic rings. The number of nitrogens with zero attached hydrogens (tertiary/aromatic N) is 2. The van der Waals surface area contributed by atoms with Crippen LogP contribution in [0.2, 0.25) is 0 Å². The first-order valence-corrected chi connectivity index (χ1v) is 12.3. The van der Waals surface area contributed by atoms with Crippen molar-refractivity contribution in [3.05, 3.63) is 101 Å². The number of fused-ring (bicyclic) bond motifs is 3. The van der Waals surface area contributed by atoms with Gasteiger partial charge < -0.3 is 4.74 Å². The Bertz CT molecular complexity index is 1560. The Morgan fingerprint density at radius 1 is 1.03 bits per heavy atom. The van der Waals surface area contributed by atoms with Gasteiger partial charge in [0.15, 0.2) is 5.78 Å². The lowest BCUT2D eigenvalue weighted by Crippen LogP contribution is -2.11. The second-order valence-electron chi connectivity index (χ2n) is 8.49. The monoisotopic (exact) mass is 516 g/mol. The number of rotatable bonds is 6. The summed E-state index contributed by atoms with van der Waals surface area (Å²) in [6.45, 7) is 0. The number of ether oxygens (including phenoxy) is 1. The summed E-state index contributed by atoms with van der Waals surface area (Å²) in [5.41, 5.74) is 3.73. The third-order valence-corrected chi connectivity index (χ3v) is 7.22. The average molecular weight is 517 g/mol. The maximum absolute atomic E-state index is 13.9. The van der Waals surface area contributed by atoms with Crippen molar-refractivity contribution >= 4 is 17.5 Å². The number of alkyl halides is 3. The van der Waals surface area contributed by atoms with E-state index in [1.165, 1.54) is 12.7 Å². The zero-order chi connectivity index (χ0) is 26.2. The number of hydrogen-bond donors (Lipinski definition) is 0. The molecule has 0 unspecified atom stereocenters. The topological polar surface area (TPSA) is 63.0 Å². The Kier molecular flexibility index (Phi) is 6.48. The van der Waals surface area contributed by atoms with Gasteiger partial charge in [-0.2, -0.15) is 18.4 Å². The molecule has 1 heterocycles. The highest BCUT2D eigenvalue weighted by Gasteiger charge is 2.36. The molecule has 0 atom stereocenters. The van der Waals surface area contributed by atoms with Gasteiger partial charge in [-0.15, -0.1) is 0 Å². The molecule has 5 rings (SSSR count). The van der Waals surface area contributed by atoms with Gasteiger partial charge in [0.05, 0.1) is 29.7 Å². The summed E-state index contributed by atoms with van der Waals surface area (Å²) in [5, 5.41) is 9.43. The number of hydrogen-bond acceptors (Lipinski definition) is 5. The van der Waals surface area contributed by atoms with Crippen molar-refractivity contribution in [1.29, 1.82) is 5.26 Å². The third-order valence-electron chi connectivity index (χ3n) is 6.24. The van der Waals surface area contributed by atoms with Crippen LogP contribution in [0.1, 0.15) is 32.6 Å². The van der Waals surface area contributed by atoms with Gasteiger partial charge in [-0.3, -0.25) is 4.79 Å². The summed E-state index contributed by atoms with van der Waals surface area (Å²) in [6.07, 6.45) is -4.04. The van der Waals surface area contributed by atoms with Crippen LogP contribution in [0.15, 0.2) is 77.8 Å². The van der Waals surface area contributed by atoms with Gasteiger partial charge in [-0.05, 0) is 65.1 Å². The molecule has 0 aliphatic heterocycles. The van der Waals surface area contributed by atoms with Crippen molar-refractivity contribution < 1.29 is 22.7 Å². The van der Waals surface area contributed by atoms with Gasteiger partial charge in [0, 0.05) is 11.1 Å². The van der Waals surface area contributed by atoms with E-state index in [4.69, 9.17) is 4.74 Å². The minimum absolute atomic E-state index is 0.0548. The van der Waals surface area contributed by atoms with E-state index in [0.29, 0.717) is 16.9 Å². The van der Waals surface area contributed by atoms with E-state index in [1.54, 1.807) is 36.4 Å². The molecule has 3 aromatic carbocycles. The minimum atomic E-state index is -4.76. The fourth-order valence-electron chi connectivity index (χ4n) is 4.40. The number of carbonyl (C=O) groups is 1. The number of benzene rings is 3. The number of ketones is 1. The van der Waals surface area contributed by atoms with Crippen LogP contribution in [0, 0.1) is 11.3 Å². The van der Waals surface area contributed by atoms with Crippen LogP contribution >= 0.6 is 11.8 Å². The summed E-state index contributed by atoms with van der Waals surface area (Å²) in [7, 11) is 1.49. The largest absolute Gasteiger partial charge is 0.497 e. The van der Waals surface area contributed by atoms with Gasteiger partial charge in [0.25, 0.3) is 0 Å². The Morgan fingerprint density at radius 3 is 2.46 bits per heavy atom. The zero-order valence-corrected chi connectivity index (χ0v) is 20.4. The predicted octanol–water partition coefficient (Wildman–Crippen LogP) is 7.19. The molecule has 0 fully saturated rings. The highest BCUT2D eigenvalue weighted by atomic mass is 32.2. The molecular weight excluding hydrogens is 497 g/mol. The maximum atomic E-state index is 13.9. The number of aromatic nitrogens is 1. The van der Waals surface area contributed by atoms with E-state index in [2.05, 4.69) is 11.1 Å². The first-order chi connectivity index (χ1) is 17.8. The summed E-state index contributed by atoms with van der Waals surface area (Å²) in [6, 6.07) is 22.4. The van der Waals surface area contributed by atoms with Crippen LogP contribution in [0.25, 0.3) is 22.4 Å². The number of pyridine rings is 1. The van der Waals surface area contributed by atoms with Crippen LogP contribution < -0.4 is 4.74 Å². The van der Waals surface area contributed by atoms with Crippen molar-refractivity contribution in [2.75, 3.05) is 12.9 Å². The van der Waals surface area contributed by atoms with E-state index >= 15 is 0 Å². The van der Waals surface area contributed by atoms with Crippen LogP contribution in [-0.2, 0) is 12.6 Å². The Morgan fingerprint density at radius 2 is 1.76 bits per heavy atom. The second-order valence-corrected chi connectivity index (χ2v) is 9.46. The second kappa shape index (κ2) is 9.75. The number of methoxy groups -OCH3 is 1. The zero-order valence-electron chi connectivity index (χ0n) is 19.6. The molecule has 4 nitrogen and oxygen atoms in total. The first kappa shape index (κ1) is 24.6. The fourth-order valence-corrected chi connectivity index (χ4v) is 5.30. The summed E-state index contributed by atoms with van der Waals surface area (Å²) in [4.78, 5) is 17.4. The molecule has 1 aliphatic rings. The quantitative estimate of drug-likeness (QED) is 0.177. The fraction of sp³-hybridized carbons (Fsp3) is 0.138. The van der Waals surface area contributed by atoms with Crippen LogP contribution in [0.3, 0.4) is 0 Å². The van der Waals surface area contributed by atoms with Crippen molar-refractivity contribution in [1.82, 2.24) is 4.98 Å². The molecule has 0 saturated heterocycles. The highest BCUT2D eigenvalue weighted by Crippen LogP contribution is 2.39. The van der Waals surface area contributed by atoms with Gasteiger partial charge in [-0.25, -0.2) is 4.98 Å². The average Bonchev–Trinajstić information content (AvgIpc) is 3.28. The minimum Gasteiger partial charge on any atom is -0.497 e. The molecule has 0 N–H and O–H groups in total. The third kappa shape index (κ3) is 4.83. The molecule has 8 heteroatoms. The lowest BCUT2D eigenvalue weighted by molar-refractivity contribution is -0.138. The normalized spacial score (nSPS) is 12.0. The van der Waals surface area contributed by atoms with E-state index < -0.39 is 17.3 Å². The molecular formula is C29H19F3N2O2S. The predicted molar refractivity (Wildman–Crippen MR) is 136 cm³/mol. The first-order valence-electron chi connectivity index (χ1n) is 11.3. The van der Waals surface area contributed by atoms with Crippen molar-refractivity contribution in [3.8, 4) is 34.2 Å². The molecule has 184 valence electrons. The Balaban J connectivity index is 1.44. The Hall–Kier alpha value is -4.09. The van der Waals surface area contributed by atoms with Gasteiger partial charge in [0.2, 0.25) is 0 Å². The van der Waals surface area contributed by atoms with Gasteiger partial charge in [-0.1, -0.05) is 48.2 Å². The summed E-state index contributed by atoms with van der Waals surface area (Å²) >= 11 is 0.834. The van der Waals surface area contributed by atoms with Crippen molar-refractivity contribution in [2.24, 2.45) is 0 Å². The summed E-state index contributed by atoms with van der Waals surface area (Å²) in [5.74, 6) is 0.139. The lowest BCUT2D eigenvalue weighted by Gasteiger charge is -2.14. The molecule has 0 radical (unpaired) electrons. The summed E-state index contributed by atoms with van der Waals surface area (Å²) < 4.78 is 46.7.